The second kappa shape index (κ2) is 7.78. The number of anilines is 1. The molecule has 7 nitrogen and oxygen atoms in total. The van der Waals surface area contributed by atoms with E-state index < -0.39 is 10.0 Å². The van der Waals surface area contributed by atoms with E-state index in [4.69, 9.17) is 16.1 Å². The Balaban J connectivity index is 1.99. The lowest BCUT2D eigenvalue weighted by Crippen LogP contribution is -2.32. The van der Waals surface area contributed by atoms with E-state index in [9.17, 15) is 13.2 Å². The summed E-state index contributed by atoms with van der Waals surface area (Å²) < 4.78 is 30.0. The predicted molar refractivity (Wildman–Crippen MR) is 91.2 cm³/mol. The molecule has 1 aromatic carbocycles. The third-order valence-corrected chi connectivity index (χ3v) is 4.88. The van der Waals surface area contributed by atoms with E-state index in [1.54, 1.807) is 37.3 Å². The molecule has 130 valence electrons. The van der Waals surface area contributed by atoms with E-state index in [1.165, 1.54) is 4.31 Å². The zero-order valence-electron chi connectivity index (χ0n) is 13.3. The Morgan fingerprint density at radius 1 is 1.38 bits per heavy atom. The number of halogens is 1. The third kappa shape index (κ3) is 5.33. The summed E-state index contributed by atoms with van der Waals surface area (Å²) in [6.07, 6.45) is 1.09. The van der Waals surface area contributed by atoms with Crippen molar-refractivity contribution in [2.45, 2.75) is 19.9 Å². The first-order chi connectivity index (χ1) is 11.3. The first-order valence-corrected chi connectivity index (χ1v) is 9.40. The molecule has 0 fully saturated rings. The van der Waals surface area contributed by atoms with Gasteiger partial charge in [0, 0.05) is 30.6 Å². The van der Waals surface area contributed by atoms with Crippen LogP contribution in [0.3, 0.4) is 0 Å². The number of aromatic nitrogens is 1. The second-order valence-corrected chi connectivity index (χ2v) is 7.70. The van der Waals surface area contributed by atoms with Gasteiger partial charge in [-0.2, -0.15) is 4.31 Å². The van der Waals surface area contributed by atoms with Gasteiger partial charge in [-0.3, -0.25) is 4.79 Å². The number of carbonyl (C=O) groups is 1. The fraction of sp³-hybridized carbons (Fsp3) is 0.333. The molecule has 1 amide bonds. The number of hydrogen-bond acceptors (Lipinski definition) is 5. The number of carbonyl (C=O) groups excluding carboxylic acids is 1. The van der Waals surface area contributed by atoms with E-state index in [-0.39, 0.29) is 25.4 Å². The molecule has 0 aliphatic rings. The maximum absolute atomic E-state index is 11.9. The normalized spacial score (nSPS) is 11.7. The molecule has 1 N–H and O–H groups in total. The summed E-state index contributed by atoms with van der Waals surface area (Å²) in [4.78, 5) is 11.9. The highest BCUT2D eigenvalue weighted by Gasteiger charge is 2.19. The van der Waals surface area contributed by atoms with Crippen molar-refractivity contribution >= 4 is 33.3 Å². The quantitative estimate of drug-likeness (QED) is 0.806. The fourth-order valence-electron chi connectivity index (χ4n) is 2.04. The molecular formula is C15H18ClN3O4S. The van der Waals surface area contributed by atoms with Crippen molar-refractivity contribution in [3.63, 3.8) is 0 Å². The van der Waals surface area contributed by atoms with Crippen LogP contribution in [0.25, 0.3) is 0 Å². The molecule has 0 saturated carbocycles. The van der Waals surface area contributed by atoms with Gasteiger partial charge in [-0.05, 0) is 18.6 Å². The van der Waals surface area contributed by atoms with Crippen molar-refractivity contribution in [3.8, 4) is 0 Å². The van der Waals surface area contributed by atoms with Crippen molar-refractivity contribution in [3.05, 3.63) is 46.7 Å². The van der Waals surface area contributed by atoms with Crippen LogP contribution in [0.15, 0.2) is 34.9 Å². The lowest BCUT2D eigenvalue weighted by atomic mass is 10.2. The van der Waals surface area contributed by atoms with Gasteiger partial charge in [0.05, 0.1) is 6.26 Å². The molecule has 2 aromatic rings. The Labute approximate surface area is 145 Å². The molecule has 0 aliphatic carbocycles. The van der Waals surface area contributed by atoms with Crippen LogP contribution in [-0.2, 0) is 21.4 Å². The average Bonchev–Trinajstić information content (AvgIpc) is 2.89. The summed E-state index contributed by atoms with van der Waals surface area (Å²) >= 11 is 6.07. The van der Waals surface area contributed by atoms with Crippen molar-refractivity contribution in [2.24, 2.45) is 0 Å². The monoisotopic (exact) mass is 371 g/mol. The maximum atomic E-state index is 11.9. The molecule has 0 spiro atoms. The second-order valence-electron chi connectivity index (χ2n) is 5.31. The number of rotatable bonds is 7. The third-order valence-electron chi connectivity index (χ3n) is 3.26. The standard InChI is InChI=1S/C15H18ClN3O4S/c1-11-9-14(18-23-11)17-15(20)7-8-19(24(2,21)22)10-12-5-3-4-6-13(12)16/h3-6,9H,7-8,10H2,1-2H3,(H,17,18,20). The molecule has 0 saturated heterocycles. The Bertz CT molecular complexity index is 820. The molecular weight excluding hydrogens is 354 g/mol. The Hall–Kier alpha value is -1.90. The van der Waals surface area contributed by atoms with Gasteiger partial charge in [-0.25, -0.2) is 8.42 Å². The molecule has 1 aromatic heterocycles. The molecule has 0 bridgehead atoms. The van der Waals surface area contributed by atoms with E-state index in [1.807, 2.05) is 0 Å². The smallest absolute Gasteiger partial charge is 0.226 e. The van der Waals surface area contributed by atoms with Gasteiger partial charge >= 0.3 is 0 Å². The summed E-state index contributed by atoms with van der Waals surface area (Å²) in [5, 5.41) is 6.69. The van der Waals surface area contributed by atoms with Crippen molar-refractivity contribution in [1.82, 2.24) is 9.46 Å². The summed E-state index contributed by atoms with van der Waals surface area (Å²) in [6, 6.07) is 8.57. The number of nitrogens with one attached hydrogen (secondary N) is 1. The highest BCUT2D eigenvalue weighted by molar-refractivity contribution is 7.88. The molecule has 24 heavy (non-hydrogen) atoms. The molecule has 0 atom stereocenters. The maximum Gasteiger partial charge on any atom is 0.226 e. The van der Waals surface area contributed by atoms with Crippen LogP contribution < -0.4 is 5.32 Å². The SMILES string of the molecule is Cc1cc(NC(=O)CCN(Cc2ccccc2Cl)S(C)(=O)=O)no1. The Morgan fingerprint density at radius 3 is 2.67 bits per heavy atom. The van der Waals surface area contributed by atoms with E-state index in [0.717, 1.165) is 6.26 Å². The molecule has 0 radical (unpaired) electrons. The molecule has 2 rings (SSSR count). The van der Waals surface area contributed by atoms with Crippen molar-refractivity contribution in [2.75, 3.05) is 18.1 Å². The summed E-state index contributed by atoms with van der Waals surface area (Å²) in [6.45, 7) is 1.85. The van der Waals surface area contributed by atoms with Gasteiger partial charge in [0.25, 0.3) is 0 Å². The lowest BCUT2D eigenvalue weighted by molar-refractivity contribution is -0.116. The number of hydrogen-bond donors (Lipinski definition) is 1. The van der Waals surface area contributed by atoms with Gasteiger partial charge in [0.1, 0.15) is 5.76 Å². The highest BCUT2D eigenvalue weighted by Crippen LogP contribution is 2.18. The van der Waals surface area contributed by atoms with Crippen molar-refractivity contribution < 1.29 is 17.7 Å². The van der Waals surface area contributed by atoms with E-state index in [0.29, 0.717) is 22.2 Å². The summed E-state index contributed by atoms with van der Waals surface area (Å²) in [5.41, 5.74) is 0.678. The molecule has 0 unspecified atom stereocenters. The number of benzene rings is 1. The predicted octanol–water partition coefficient (Wildman–Crippen LogP) is 2.43. The van der Waals surface area contributed by atoms with E-state index in [2.05, 4.69) is 10.5 Å². The van der Waals surface area contributed by atoms with Crippen LogP contribution in [-0.4, -0.2) is 36.6 Å². The minimum Gasteiger partial charge on any atom is -0.360 e. The zero-order chi connectivity index (χ0) is 17.7. The Kier molecular flexibility index (Phi) is 5.98. The topological polar surface area (TPSA) is 92.5 Å². The summed E-state index contributed by atoms with van der Waals surface area (Å²) in [7, 11) is -3.48. The Morgan fingerprint density at radius 2 is 2.08 bits per heavy atom. The van der Waals surface area contributed by atoms with E-state index >= 15 is 0 Å². The van der Waals surface area contributed by atoms with Gasteiger partial charge in [0.2, 0.25) is 15.9 Å². The first kappa shape index (κ1) is 18.4. The minimum absolute atomic E-state index is 0.0105. The van der Waals surface area contributed by atoms with Crippen LogP contribution in [0, 0.1) is 6.92 Å². The molecule has 9 heteroatoms. The van der Waals surface area contributed by atoms with Gasteiger partial charge in [0.15, 0.2) is 5.82 Å². The van der Waals surface area contributed by atoms with Crippen LogP contribution >= 0.6 is 11.6 Å². The average molecular weight is 372 g/mol. The number of nitrogens with zero attached hydrogens (tertiary/aromatic N) is 2. The zero-order valence-corrected chi connectivity index (χ0v) is 14.9. The number of sulfonamides is 1. The molecule has 0 aliphatic heterocycles. The highest BCUT2D eigenvalue weighted by atomic mass is 35.5. The lowest BCUT2D eigenvalue weighted by Gasteiger charge is -2.20. The van der Waals surface area contributed by atoms with Crippen LogP contribution in [0.2, 0.25) is 5.02 Å². The van der Waals surface area contributed by atoms with Crippen LogP contribution in [0.1, 0.15) is 17.7 Å². The summed E-state index contributed by atoms with van der Waals surface area (Å²) in [5.74, 6) is 0.521. The van der Waals surface area contributed by atoms with Gasteiger partial charge in [-0.1, -0.05) is 35.0 Å². The van der Waals surface area contributed by atoms with Crippen molar-refractivity contribution in [1.29, 1.82) is 0 Å². The first-order valence-electron chi connectivity index (χ1n) is 7.17. The van der Waals surface area contributed by atoms with Crippen LogP contribution in [0.5, 0.6) is 0 Å². The largest absolute Gasteiger partial charge is 0.360 e. The number of aryl methyl sites for hydroxylation is 1. The fourth-order valence-corrected chi connectivity index (χ4v) is 3.03. The van der Waals surface area contributed by atoms with Crippen LogP contribution in [0.4, 0.5) is 5.82 Å². The molecule has 1 heterocycles. The number of amides is 1. The van der Waals surface area contributed by atoms with Gasteiger partial charge in [-0.15, -0.1) is 0 Å². The van der Waals surface area contributed by atoms with Gasteiger partial charge < -0.3 is 9.84 Å². The minimum atomic E-state index is -3.48.